The second-order valence-electron chi connectivity index (χ2n) is 7.04. The maximum Gasteiger partial charge on any atom is 0.262 e. The molecule has 162 valence electrons. The molecule has 1 atom stereocenters. The molecule has 2 aromatic carbocycles. The summed E-state index contributed by atoms with van der Waals surface area (Å²) in [6, 6.07) is 13.5. The van der Waals surface area contributed by atoms with Crippen LogP contribution in [0.15, 0.2) is 76.9 Å². The third-order valence-corrected chi connectivity index (χ3v) is 5.82. The molecule has 4 aromatic rings. The van der Waals surface area contributed by atoms with Gasteiger partial charge in [-0.2, -0.15) is 0 Å². The molecule has 9 heteroatoms. The highest BCUT2D eigenvalue weighted by atomic mass is 32.2. The van der Waals surface area contributed by atoms with Crippen molar-refractivity contribution in [3.63, 3.8) is 0 Å². The van der Waals surface area contributed by atoms with E-state index in [9.17, 15) is 18.4 Å². The molecule has 1 unspecified atom stereocenters. The third-order valence-electron chi connectivity index (χ3n) is 4.73. The van der Waals surface area contributed by atoms with E-state index in [0.717, 1.165) is 29.5 Å². The van der Waals surface area contributed by atoms with E-state index in [-0.39, 0.29) is 17.8 Å². The van der Waals surface area contributed by atoms with Gasteiger partial charge in [0.1, 0.15) is 11.6 Å². The number of thioether (sulfide) groups is 1. The van der Waals surface area contributed by atoms with Crippen LogP contribution in [0.2, 0.25) is 0 Å². The monoisotopic (exact) mass is 452 g/mol. The summed E-state index contributed by atoms with van der Waals surface area (Å²) >= 11 is 1.08. The Morgan fingerprint density at radius 3 is 2.72 bits per heavy atom. The quantitative estimate of drug-likeness (QED) is 0.350. The lowest BCUT2D eigenvalue weighted by Crippen LogP contribution is -2.27. The second kappa shape index (κ2) is 9.27. The fourth-order valence-electron chi connectivity index (χ4n) is 3.09. The number of anilines is 1. The molecular weight excluding hydrogens is 434 g/mol. The van der Waals surface area contributed by atoms with Gasteiger partial charge in [-0.25, -0.2) is 13.8 Å². The lowest BCUT2D eigenvalue weighted by atomic mass is 10.2. The molecule has 4 rings (SSSR count). The van der Waals surface area contributed by atoms with Gasteiger partial charge in [-0.1, -0.05) is 30.0 Å². The standard InChI is InChI=1S/C23H18F2N4O2S/c1-14(21(30)27-20-9-8-16(24)11-18(20)25)32-23-28-19-7-3-2-6-17(19)22(31)29(23)13-15-5-4-10-26-12-15/h2-12,14H,13H2,1H3,(H,27,30). The largest absolute Gasteiger partial charge is 0.323 e. The van der Waals surface area contributed by atoms with Crippen LogP contribution >= 0.6 is 11.8 Å². The van der Waals surface area contributed by atoms with Crippen LogP contribution in [0, 0.1) is 11.6 Å². The predicted octanol–water partition coefficient (Wildman–Crippen LogP) is 4.24. The first-order chi connectivity index (χ1) is 15.4. The van der Waals surface area contributed by atoms with Crippen molar-refractivity contribution in [1.29, 1.82) is 0 Å². The van der Waals surface area contributed by atoms with Crippen LogP contribution in [0.3, 0.4) is 0 Å². The fraction of sp³-hybridized carbons (Fsp3) is 0.130. The van der Waals surface area contributed by atoms with Gasteiger partial charge in [-0.3, -0.25) is 19.1 Å². The molecule has 0 aliphatic carbocycles. The highest BCUT2D eigenvalue weighted by molar-refractivity contribution is 8.00. The van der Waals surface area contributed by atoms with E-state index < -0.39 is 22.8 Å². The predicted molar refractivity (Wildman–Crippen MR) is 120 cm³/mol. The molecule has 32 heavy (non-hydrogen) atoms. The molecule has 0 spiro atoms. The fourth-order valence-corrected chi connectivity index (χ4v) is 4.00. The minimum Gasteiger partial charge on any atom is -0.323 e. The summed E-state index contributed by atoms with van der Waals surface area (Å²) in [5.74, 6) is -2.11. The van der Waals surface area contributed by atoms with Crippen molar-refractivity contribution in [3.05, 3.63) is 94.5 Å². The van der Waals surface area contributed by atoms with Gasteiger partial charge in [-0.15, -0.1) is 0 Å². The van der Waals surface area contributed by atoms with Crippen molar-refractivity contribution in [2.75, 3.05) is 5.32 Å². The van der Waals surface area contributed by atoms with E-state index in [4.69, 9.17) is 0 Å². The lowest BCUT2D eigenvalue weighted by molar-refractivity contribution is -0.115. The number of hydrogen-bond donors (Lipinski definition) is 1. The average Bonchev–Trinajstić information content (AvgIpc) is 2.79. The molecule has 0 bridgehead atoms. The van der Waals surface area contributed by atoms with Gasteiger partial charge in [0, 0.05) is 18.5 Å². The van der Waals surface area contributed by atoms with Gasteiger partial charge < -0.3 is 5.32 Å². The number of pyridine rings is 1. The number of hydrogen-bond acceptors (Lipinski definition) is 5. The van der Waals surface area contributed by atoms with Crippen LogP contribution in [-0.4, -0.2) is 25.7 Å². The smallest absolute Gasteiger partial charge is 0.262 e. The van der Waals surface area contributed by atoms with E-state index in [0.29, 0.717) is 22.1 Å². The summed E-state index contributed by atoms with van der Waals surface area (Å²) in [5.41, 5.74) is 0.959. The molecule has 2 aromatic heterocycles. The topological polar surface area (TPSA) is 76.9 Å². The molecule has 6 nitrogen and oxygen atoms in total. The molecule has 0 aliphatic rings. The zero-order chi connectivity index (χ0) is 22.7. The number of aromatic nitrogens is 3. The van der Waals surface area contributed by atoms with Gasteiger partial charge >= 0.3 is 0 Å². The first-order valence-electron chi connectivity index (χ1n) is 9.73. The molecule has 0 saturated heterocycles. The van der Waals surface area contributed by atoms with Crippen LogP contribution < -0.4 is 10.9 Å². The zero-order valence-corrected chi connectivity index (χ0v) is 17.8. The van der Waals surface area contributed by atoms with Crippen LogP contribution in [0.5, 0.6) is 0 Å². The van der Waals surface area contributed by atoms with E-state index in [1.807, 2.05) is 6.07 Å². The van der Waals surface area contributed by atoms with Crippen LogP contribution in [0.1, 0.15) is 12.5 Å². The highest BCUT2D eigenvalue weighted by Crippen LogP contribution is 2.25. The Balaban J connectivity index is 1.65. The number of amides is 1. The van der Waals surface area contributed by atoms with Gasteiger partial charge in [0.05, 0.1) is 28.4 Å². The Morgan fingerprint density at radius 2 is 1.97 bits per heavy atom. The van der Waals surface area contributed by atoms with Crippen molar-refractivity contribution in [3.8, 4) is 0 Å². The molecule has 0 aliphatic heterocycles. The summed E-state index contributed by atoms with van der Waals surface area (Å²) in [4.78, 5) is 34.5. The summed E-state index contributed by atoms with van der Waals surface area (Å²) < 4.78 is 28.5. The lowest BCUT2D eigenvalue weighted by Gasteiger charge is -2.16. The van der Waals surface area contributed by atoms with Crippen molar-refractivity contribution >= 4 is 34.3 Å². The van der Waals surface area contributed by atoms with Crippen molar-refractivity contribution in [2.45, 2.75) is 23.9 Å². The third kappa shape index (κ3) is 4.67. The Bertz CT molecular complexity index is 1350. The Labute approximate surface area is 186 Å². The van der Waals surface area contributed by atoms with Crippen molar-refractivity contribution < 1.29 is 13.6 Å². The summed E-state index contributed by atoms with van der Waals surface area (Å²) in [6.45, 7) is 1.85. The van der Waals surface area contributed by atoms with E-state index in [2.05, 4.69) is 15.3 Å². The highest BCUT2D eigenvalue weighted by Gasteiger charge is 2.21. The first-order valence-corrected chi connectivity index (χ1v) is 10.6. The van der Waals surface area contributed by atoms with E-state index in [1.54, 1.807) is 49.6 Å². The van der Waals surface area contributed by atoms with Crippen molar-refractivity contribution in [1.82, 2.24) is 14.5 Å². The van der Waals surface area contributed by atoms with Gasteiger partial charge in [0.15, 0.2) is 5.16 Å². The first kappa shape index (κ1) is 21.6. The van der Waals surface area contributed by atoms with Crippen LogP contribution in [0.4, 0.5) is 14.5 Å². The molecule has 0 saturated carbocycles. The second-order valence-corrected chi connectivity index (χ2v) is 8.35. The number of rotatable bonds is 6. The SMILES string of the molecule is CC(Sc1nc2ccccc2c(=O)n1Cc1cccnc1)C(=O)Nc1ccc(F)cc1F. The normalized spacial score (nSPS) is 12.0. The maximum atomic E-state index is 13.9. The zero-order valence-electron chi connectivity index (χ0n) is 17.0. The average molecular weight is 452 g/mol. The Kier molecular flexibility index (Phi) is 6.27. The molecule has 2 heterocycles. The van der Waals surface area contributed by atoms with Gasteiger partial charge in [0.2, 0.25) is 5.91 Å². The molecule has 0 fully saturated rings. The maximum absolute atomic E-state index is 13.9. The molecule has 1 N–H and O–H groups in total. The number of halogens is 2. The van der Waals surface area contributed by atoms with Crippen molar-refractivity contribution in [2.24, 2.45) is 0 Å². The van der Waals surface area contributed by atoms with E-state index >= 15 is 0 Å². The number of nitrogens with zero attached hydrogens (tertiary/aromatic N) is 3. The van der Waals surface area contributed by atoms with Crippen LogP contribution in [0.25, 0.3) is 10.9 Å². The van der Waals surface area contributed by atoms with Gasteiger partial charge in [0.25, 0.3) is 5.56 Å². The minimum absolute atomic E-state index is 0.122. The molecular formula is C23H18F2N4O2S. The number of carbonyl (C=O) groups is 1. The van der Waals surface area contributed by atoms with Crippen LogP contribution in [-0.2, 0) is 11.3 Å². The number of nitrogens with one attached hydrogen (secondary N) is 1. The van der Waals surface area contributed by atoms with Gasteiger partial charge in [-0.05, 0) is 42.8 Å². The minimum atomic E-state index is -0.868. The van der Waals surface area contributed by atoms with E-state index in [1.165, 1.54) is 4.57 Å². The Morgan fingerprint density at radius 1 is 1.16 bits per heavy atom. The molecule has 0 radical (unpaired) electrons. The summed E-state index contributed by atoms with van der Waals surface area (Å²) in [7, 11) is 0. The summed E-state index contributed by atoms with van der Waals surface area (Å²) in [6.07, 6.45) is 3.30. The Hall–Kier alpha value is -3.59. The number of benzene rings is 2. The number of carbonyl (C=O) groups excluding carboxylic acids is 1. The summed E-state index contributed by atoms with van der Waals surface area (Å²) in [5, 5.41) is 2.55. The number of para-hydroxylation sites is 1. The number of fused-ring (bicyclic) bond motifs is 1. The molecule has 1 amide bonds.